The van der Waals surface area contributed by atoms with Gasteiger partial charge in [0.15, 0.2) is 0 Å². The maximum atomic E-state index is 10.5. The summed E-state index contributed by atoms with van der Waals surface area (Å²) in [5, 5.41) is 2.24. The van der Waals surface area contributed by atoms with E-state index < -0.39 is 29.4 Å². The van der Waals surface area contributed by atoms with Gasteiger partial charge < -0.3 is 0 Å². The fourth-order valence-electron chi connectivity index (χ4n) is 1.11. The molecule has 0 spiro atoms. The molecule has 0 atom stereocenters. The Morgan fingerprint density at radius 2 is 1.33 bits per heavy atom. The summed E-state index contributed by atoms with van der Waals surface area (Å²) in [6.45, 7) is 5.72. The molecule has 0 saturated heterocycles. The molecule has 12 heavy (non-hydrogen) atoms. The number of hydrogen-bond acceptors (Lipinski definition) is 4. The van der Waals surface area contributed by atoms with Crippen LogP contribution in [0.1, 0.15) is 20.8 Å². The zero-order valence-electron chi connectivity index (χ0n) is 7.63. The van der Waals surface area contributed by atoms with Crippen LogP contribution in [0.2, 0.25) is 15.8 Å². The van der Waals surface area contributed by atoms with Crippen LogP contribution in [0, 0.1) is 0 Å². The zero-order chi connectivity index (χ0) is 9.83. The van der Waals surface area contributed by atoms with Crippen molar-refractivity contribution in [2.75, 3.05) is 0 Å². The van der Waals surface area contributed by atoms with E-state index >= 15 is 0 Å². The van der Waals surface area contributed by atoms with Crippen LogP contribution in [0.3, 0.4) is 0 Å². The Morgan fingerprint density at radius 1 is 1.00 bits per heavy atom. The third-order valence-electron chi connectivity index (χ3n) is 2.19. The van der Waals surface area contributed by atoms with Gasteiger partial charge in [0, 0.05) is 0 Å². The van der Waals surface area contributed by atoms with Gasteiger partial charge in [0.2, 0.25) is 0 Å². The molecule has 0 aromatic heterocycles. The molecule has 0 aromatic carbocycles. The molecule has 0 N–H and O–H groups in total. The minimum absolute atomic E-state index is 0.746. The molecular weight excluding hydrogens is 395 g/mol. The van der Waals surface area contributed by atoms with Gasteiger partial charge in [0.05, 0.1) is 0 Å². The predicted molar refractivity (Wildman–Crippen MR) is 40.3 cm³/mol. The molecule has 0 bridgehead atoms. The van der Waals surface area contributed by atoms with E-state index in [4.69, 9.17) is 2.49 Å². The summed E-state index contributed by atoms with van der Waals surface area (Å²) in [4.78, 5) is 0. The average Bonchev–Trinajstić information content (AvgIpc) is 1.99. The maximum absolute atomic E-state index is 10.5. The first-order valence-electron chi connectivity index (χ1n) is 4.00. The summed E-state index contributed by atoms with van der Waals surface area (Å²) in [5.41, 5.74) is 0. The topological polar surface area (TPSA) is 60.4 Å². The Kier molecular flexibility index (Phi) is 4.93. The van der Waals surface area contributed by atoms with E-state index in [0.717, 1.165) is 15.8 Å². The second kappa shape index (κ2) is 4.70. The van der Waals surface area contributed by atoms with Gasteiger partial charge in [-0.25, -0.2) is 0 Å². The van der Waals surface area contributed by atoms with E-state index in [1.54, 1.807) is 0 Å². The summed E-state index contributed by atoms with van der Waals surface area (Å²) >= 11 is -8.34. The molecule has 0 aliphatic carbocycles. The van der Waals surface area contributed by atoms with Crippen molar-refractivity contribution >= 4 is 13.6 Å². The Hall–Kier alpha value is 0.565. The van der Waals surface area contributed by atoms with E-state index in [9.17, 15) is 10.4 Å². The summed E-state index contributed by atoms with van der Waals surface area (Å²) < 4.78 is 36.3. The first-order valence-corrected chi connectivity index (χ1v) is 13.7. The third-order valence-corrected chi connectivity index (χ3v) is 21.0. The van der Waals surface area contributed by atoms with Crippen molar-refractivity contribution in [3.05, 3.63) is 0 Å². The first kappa shape index (κ1) is 12.6. The molecule has 0 unspecified atom stereocenters. The van der Waals surface area contributed by atoms with Gasteiger partial charge in [-0.05, 0) is 0 Å². The quantitative estimate of drug-likeness (QED) is 0.652. The minimum atomic E-state index is -5.63. The third kappa shape index (κ3) is 3.99. The Morgan fingerprint density at radius 3 is 1.42 bits per heavy atom. The van der Waals surface area contributed by atoms with Gasteiger partial charge in [-0.1, -0.05) is 0 Å². The summed E-state index contributed by atoms with van der Waals surface area (Å²) in [6.07, 6.45) is 0. The number of rotatable bonds is 5. The molecule has 4 nitrogen and oxygen atoms in total. The molecule has 0 heterocycles. The van der Waals surface area contributed by atoms with Gasteiger partial charge in [-0.15, -0.1) is 0 Å². The van der Waals surface area contributed by atoms with E-state index in [-0.39, 0.29) is 0 Å². The Bertz CT molecular complexity index is 249. The van der Waals surface area contributed by atoms with Crippen molar-refractivity contribution in [1.82, 2.24) is 0 Å². The fourth-order valence-corrected chi connectivity index (χ4v) is 19.4. The van der Waals surface area contributed by atoms with Gasteiger partial charge in [0.1, 0.15) is 0 Å². The SMILES string of the molecule is C[CH2][Ge]([CH2]C)([CH2]C)[O][Re](=[O])(=[O])=[O]. The van der Waals surface area contributed by atoms with Crippen LogP contribution in [0.5, 0.6) is 0 Å². The van der Waals surface area contributed by atoms with Gasteiger partial charge in [-0.3, -0.25) is 0 Å². The molecule has 0 saturated carbocycles. The summed E-state index contributed by atoms with van der Waals surface area (Å²) in [5.74, 6) is 0. The van der Waals surface area contributed by atoms with Crippen LogP contribution >= 0.6 is 0 Å². The van der Waals surface area contributed by atoms with E-state index in [1.807, 2.05) is 20.8 Å². The predicted octanol–water partition coefficient (Wildman–Crippen LogP) is 2.11. The van der Waals surface area contributed by atoms with Crippen LogP contribution in [0.15, 0.2) is 0 Å². The van der Waals surface area contributed by atoms with Crippen LogP contribution in [-0.4, -0.2) is 13.6 Å². The molecule has 0 aliphatic heterocycles. The van der Waals surface area contributed by atoms with Crippen molar-refractivity contribution in [1.29, 1.82) is 0 Å². The Balaban J connectivity index is 4.64. The number of hydrogen-bond donors (Lipinski definition) is 0. The van der Waals surface area contributed by atoms with Crippen molar-refractivity contribution in [2.45, 2.75) is 36.5 Å². The van der Waals surface area contributed by atoms with Gasteiger partial charge >= 0.3 is 78.8 Å². The first-order chi connectivity index (χ1) is 5.39. The molecule has 0 amide bonds. The molecular formula is C6H15GeO4Re. The molecule has 74 valence electrons. The molecule has 0 aromatic rings. The van der Waals surface area contributed by atoms with Crippen molar-refractivity contribution in [2.24, 2.45) is 0 Å². The molecule has 0 aliphatic rings. The molecule has 0 rings (SSSR count). The molecule has 0 radical (unpaired) electrons. The second-order valence-electron chi connectivity index (χ2n) is 2.70. The van der Waals surface area contributed by atoms with Crippen LogP contribution in [0.4, 0.5) is 0 Å². The average molecular weight is 410 g/mol. The van der Waals surface area contributed by atoms with Crippen LogP contribution in [-0.2, 0) is 28.7 Å². The van der Waals surface area contributed by atoms with E-state index in [0.29, 0.717) is 0 Å². The summed E-state index contributed by atoms with van der Waals surface area (Å²) in [6, 6.07) is 0. The standard InChI is InChI=1S/C6H15GeO.3O.Re/c1-4-7(8,5-2)6-3;;;;/h4-6H2,1-3H3;;;;/q-1;;;;+1. The van der Waals surface area contributed by atoms with E-state index in [1.165, 1.54) is 0 Å². The Labute approximate surface area is 78.7 Å². The van der Waals surface area contributed by atoms with Crippen LogP contribution in [0.25, 0.3) is 0 Å². The van der Waals surface area contributed by atoms with Crippen molar-refractivity contribution < 1.29 is 28.7 Å². The molecule has 6 heteroatoms. The second-order valence-corrected chi connectivity index (χ2v) is 18.0. The summed E-state index contributed by atoms with van der Waals surface area (Å²) in [7, 11) is 0. The van der Waals surface area contributed by atoms with Gasteiger partial charge in [0.25, 0.3) is 0 Å². The molecule has 0 fully saturated rings. The normalized spacial score (nSPS) is 13.2. The van der Waals surface area contributed by atoms with Gasteiger partial charge in [-0.2, -0.15) is 0 Å². The van der Waals surface area contributed by atoms with Crippen molar-refractivity contribution in [3.8, 4) is 0 Å². The fraction of sp³-hybridized carbons (Fsp3) is 1.00. The van der Waals surface area contributed by atoms with E-state index in [2.05, 4.69) is 0 Å². The zero-order valence-corrected chi connectivity index (χ0v) is 12.4. The van der Waals surface area contributed by atoms with Crippen LogP contribution < -0.4 is 0 Å². The monoisotopic (exact) mass is 412 g/mol. The van der Waals surface area contributed by atoms with Crippen molar-refractivity contribution in [3.63, 3.8) is 0 Å².